The number of nitrogens with zero attached hydrogens (tertiary/aromatic N) is 2. The molecule has 4 heteroatoms. The smallest absolute Gasteiger partial charge is 0.192 e. The van der Waals surface area contributed by atoms with Crippen LogP contribution < -0.4 is 0 Å². The maximum absolute atomic E-state index is 10.7. The van der Waals surface area contributed by atoms with Gasteiger partial charge in [-0.25, -0.2) is 9.97 Å². The molecule has 0 aliphatic heterocycles. The Balaban J connectivity index is 2.24. The van der Waals surface area contributed by atoms with Crippen LogP contribution in [0.25, 0.3) is 0 Å². The first-order valence-corrected chi connectivity index (χ1v) is 6.04. The lowest BCUT2D eigenvalue weighted by molar-refractivity contribution is 0.112. The predicted molar refractivity (Wildman–Crippen MR) is 67.5 cm³/mol. The zero-order valence-electron chi connectivity index (χ0n) is 9.68. The van der Waals surface area contributed by atoms with Crippen molar-refractivity contribution in [1.82, 2.24) is 9.97 Å². The van der Waals surface area contributed by atoms with E-state index >= 15 is 0 Å². The number of aryl methyl sites for hydroxylation is 2. The molecule has 1 heterocycles. The summed E-state index contributed by atoms with van der Waals surface area (Å²) >= 11 is 1.50. The molecule has 0 saturated carbocycles. The summed E-state index contributed by atoms with van der Waals surface area (Å²) in [6.07, 6.45) is 2.62. The van der Waals surface area contributed by atoms with Crippen molar-refractivity contribution in [3.63, 3.8) is 0 Å². The minimum Gasteiger partial charge on any atom is -0.298 e. The van der Waals surface area contributed by atoms with Crippen molar-refractivity contribution in [2.75, 3.05) is 0 Å². The summed E-state index contributed by atoms with van der Waals surface area (Å²) in [7, 11) is 0. The zero-order valence-corrected chi connectivity index (χ0v) is 10.5. The summed E-state index contributed by atoms with van der Waals surface area (Å²) in [4.78, 5) is 20.3. The number of hydrogen-bond acceptors (Lipinski definition) is 4. The zero-order chi connectivity index (χ0) is 12.3. The highest BCUT2D eigenvalue weighted by atomic mass is 32.2. The SMILES string of the molecule is Cc1ccnc(Sc2ccc(C=O)c(C)c2)n1. The van der Waals surface area contributed by atoms with Gasteiger partial charge in [-0.2, -0.15) is 0 Å². The van der Waals surface area contributed by atoms with Crippen molar-refractivity contribution in [1.29, 1.82) is 0 Å². The Bertz CT molecular complexity index is 555. The van der Waals surface area contributed by atoms with Gasteiger partial charge >= 0.3 is 0 Å². The molecule has 0 aliphatic rings. The van der Waals surface area contributed by atoms with E-state index < -0.39 is 0 Å². The molecule has 0 N–H and O–H groups in total. The third-order valence-corrected chi connectivity index (χ3v) is 3.22. The fourth-order valence-electron chi connectivity index (χ4n) is 1.42. The molecule has 0 spiro atoms. The van der Waals surface area contributed by atoms with Crippen molar-refractivity contribution in [2.24, 2.45) is 0 Å². The second kappa shape index (κ2) is 5.10. The van der Waals surface area contributed by atoms with Crippen LogP contribution in [-0.2, 0) is 0 Å². The van der Waals surface area contributed by atoms with Gasteiger partial charge in [-0.1, -0.05) is 6.07 Å². The van der Waals surface area contributed by atoms with E-state index in [1.165, 1.54) is 11.8 Å². The predicted octanol–water partition coefficient (Wildman–Crippen LogP) is 3.06. The van der Waals surface area contributed by atoms with Crippen molar-refractivity contribution in [2.45, 2.75) is 23.9 Å². The maximum atomic E-state index is 10.7. The van der Waals surface area contributed by atoms with E-state index in [9.17, 15) is 4.79 Å². The van der Waals surface area contributed by atoms with Crippen LogP contribution in [0.4, 0.5) is 0 Å². The average Bonchev–Trinajstić information content (AvgIpc) is 2.29. The molecule has 86 valence electrons. The van der Waals surface area contributed by atoms with E-state index in [0.717, 1.165) is 33.2 Å². The molecule has 3 nitrogen and oxygen atoms in total. The quantitative estimate of drug-likeness (QED) is 0.614. The second-order valence-corrected chi connectivity index (χ2v) is 4.76. The Morgan fingerprint density at radius 1 is 1.24 bits per heavy atom. The molecule has 0 atom stereocenters. The van der Waals surface area contributed by atoms with Gasteiger partial charge in [0.1, 0.15) is 6.29 Å². The number of benzene rings is 1. The lowest BCUT2D eigenvalue weighted by atomic mass is 10.1. The summed E-state index contributed by atoms with van der Waals surface area (Å²) in [5, 5.41) is 0.725. The fourth-order valence-corrected chi connectivity index (χ4v) is 2.31. The molecular formula is C13H12N2OS. The van der Waals surface area contributed by atoms with Gasteiger partial charge in [0, 0.05) is 22.3 Å². The van der Waals surface area contributed by atoms with Crippen LogP contribution in [0.5, 0.6) is 0 Å². The third kappa shape index (κ3) is 2.91. The van der Waals surface area contributed by atoms with Crippen molar-refractivity contribution in [3.05, 3.63) is 47.3 Å². The summed E-state index contributed by atoms with van der Waals surface area (Å²) in [6, 6.07) is 7.57. The highest BCUT2D eigenvalue weighted by Crippen LogP contribution is 2.25. The average molecular weight is 244 g/mol. The van der Waals surface area contributed by atoms with Crippen molar-refractivity contribution in [3.8, 4) is 0 Å². The monoisotopic (exact) mass is 244 g/mol. The van der Waals surface area contributed by atoms with Gasteiger partial charge in [0.2, 0.25) is 0 Å². The molecule has 2 rings (SSSR count). The van der Waals surface area contributed by atoms with Crippen LogP contribution in [0.15, 0.2) is 40.5 Å². The molecule has 0 radical (unpaired) electrons. The van der Waals surface area contributed by atoms with E-state index in [1.54, 1.807) is 6.20 Å². The van der Waals surface area contributed by atoms with E-state index in [1.807, 2.05) is 38.1 Å². The first-order valence-electron chi connectivity index (χ1n) is 5.22. The topological polar surface area (TPSA) is 42.9 Å². The van der Waals surface area contributed by atoms with Crippen molar-refractivity contribution < 1.29 is 4.79 Å². The van der Waals surface area contributed by atoms with Crippen LogP contribution in [0.1, 0.15) is 21.6 Å². The van der Waals surface area contributed by atoms with E-state index in [-0.39, 0.29) is 0 Å². The molecule has 0 bridgehead atoms. The van der Waals surface area contributed by atoms with Gasteiger partial charge in [0.25, 0.3) is 0 Å². The molecule has 1 aromatic carbocycles. The Hall–Kier alpha value is -1.68. The normalized spacial score (nSPS) is 10.2. The van der Waals surface area contributed by atoms with E-state index in [4.69, 9.17) is 0 Å². The highest BCUT2D eigenvalue weighted by Gasteiger charge is 2.03. The molecule has 0 aliphatic carbocycles. The summed E-state index contributed by atoms with van der Waals surface area (Å²) in [5.74, 6) is 0. The molecule has 1 aromatic heterocycles. The Kier molecular flexibility index (Phi) is 3.54. The fraction of sp³-hybridized carbons (Fsp3) is 0.154. The molecule has 17 heavy (non-hydrogen) atoms. The Morgan fingerprint density at radius 3 is 2.71 bits per heavy atom. The summed E-state index contributed by atoms with van der Waals surface area (Å²) in [5.41, 5.74) is 2.64. The molecule has 0 unspecified atom stereocenters. The van der Waals surface area contributed by atoms with Crippen LogP contribution >= 0.6 is 11.8 Å². The van der Waals surface area contributed by atoms with Gasteiger partial charge in [-0.05, 0) is 49.4 Å². The highest BCUT2D eigenvalue weighted by molar-refractivity contribution is 7.99. The van der Waals surface area contributed by atoms with Crippen molar-refractivity contribution >= 4 is 18.0 Å². The minimum absolute atomic E-state index is 0.722. The van der Waals surface area contributed by atoms with Gasteiger partial charge in [0.15, 0.2) is 5.16 Å². The van der Waals surface area contributed by atoms with Crippen LogP contribution in [0, 0.1) is 13.8 Å². The largest absolute Gasteiger partial charge is 0.298 e. The lowest BCUT2D eigenvalue weighted by Gasteiger charge is -2.03. The van der Waals surface area contributed by atoms with E-state index in [0.29, 0.717) is 0 Å². The first-order chi connectivity index (χ1) is 8.19. The number of aromatic nitrogens is 2. The first kappa shape index (κ1) is 11.8. The third-order valence-electron chi connectivity index (χ3n) is 2.35. The lowest BCUT2D eigenvalue weighted by Crippen LogP contribution is -1.89. The van der Waals surface area contributed by atoms with Gasteiger partial charge in [0.05, 0.1) is 0 Å². The molecule has 2 aromatic rings. The molecule has 0 fully saturated rings. The number of aldehydes is 1. The summed E-state index contributed by atoms with van der Waals surface area (Å²) < 4.78 is 0. The maximum Gasteiger partial charge on any atom is 0.192 e. The van der Waals surface area contributed by atoms with Gasteiger partial charge in [-0.15, -0.1) is 0 Å². The van der Waals surface area contributed by atoms with E-state index in [2.05, 4.69) is 9.97 Å². The number of carbonyl (C=O) groups excluding carboxylic acids is 1. The molecular weight excluding hydrogens is 232 g/mol. The molecule has 0 saturated heterocycles. The number of hydrogen-bond donors (Lipinski definition) is 0. The molecule has 0 amide bonds. The number of rotatable bonds is 3. The van der Waals surface area contributed by atoms with Crippen LogP contribution in [0.3, 0.4) is 0 Å². The standard InChI is InChI=1S/C13H12N2OS/c1-9-7-12(4-3-11(9)8-16)17-13-14-6-5-10(2)15-13/h3-8H,1-2H3. The Labute approximate surface area is 104 Å². The second-order valence-electron chi connectivity index (χ2n) is 3.72. The Morgan fingerprint density at radius 2 is 2.06 bits per heavy atom. The van der Waals surface area contributed by atoms with Gasteiger partial charge in [-0.3, -0.25) is 4.79 Å². The van der Waals surface area contributed by atoms with Crippen LogP contribution in [-0.4, -0.2) is 16.3 Å². The van der Waals surface area contributed by atoms with Crippen LogP contribution in [0.2, 0.25) is 0 Å². The summed E-state index contributed by atoms with van der Waals surface area (Å²) in [6.45, 7) is 3.86. The van der Waals surface area contributed by atoms with Gasteiger partial charge < -0.3 is 0 Å². The minimum atomic E-state index is 0.722. The number of carbonyl (C=O) groups is 1.